The van der Waals surface area contributed by atoms with E-state index >= 15 is 0 Å². The first kappa shape index (κ1) is 16.6. The first-order valence-electron chi connectivity index (χ1n) is 7.93. The number of amides is 1. The summed E-state index contributed by atoms with van der Waals surface area (Å²) in [5.74, 6) is 0.919. The second-order valence-electron chi connectivity index (χ2n) is 5.49. The lowest BCUT2D eigenvalue weighted by molar-refractivity contribution is -0.116. The molecule has 1 N–H and O–H groups in total. The van der Waals surface area contributed by atoms with Crippen LogP contribution in [0, 0.1) is 0 Å². The molecule has 130 valence electrons. The number of hydrogen-bond acceptors (Lipinski definition) is 7. The maximum absolute atomic E-state index is 12.1. The minimum atomic E-state index is -0.0951. The fourth-order valence-corrected chi connectivity index (χ4v) is 3.65. The van der Waals surface area contributed by atoms with Gasteiger partial charge in [-0.15, -0.1) is 11.3 Å². The molecule has 0 spiro atoms. The first-order chi connectivity index (χ1) is 12.8. The van der Waals surface area contributed by atoms with Gasteiger partial charge in [-0.1, -0.05) is 5.16 Å². The van der Waals surface area contributed by atoms with E-state index in [2.05, 4.69) is 20.4 Å². The van der Waals surface area contributed by atoms with E-state index in [1.165, 1.54) is 0 Å². The van der Waals surface area contributed by atoms with Crippen molar-refractivity contribution in [3.05, 3.63) is 58.6 Å². The Bertz CT molecular complexity index is 977. The first-order valence-corrected chi connectivity index (χ1v) is 9.75. The summed E-state index contributed by atoms with van der Waals surface area (Å²) in [7, 11) is 0. The number of anilines is 1. The molecule has 1 amide bonds. The predicted octanol–water partition coefficient (Wildman–Crippen LogP) is 4.49. The monoisotopic (exact) mass is 382 g/mol. The van der Waals surface area contributed by atoms with E-state index in [0.717, 1.165) is 21.8 Å². The summed E-state index contributed by atoms with van der Waals surface area (Å²) in [6.45, 7) is 0. The van der Waals surface area contributed by atoms with Crippen LogP contribution in [-0.4, -0.2) is 21.0 Å². The number of aryl methyl sites for hydroxylation is 1. The Kier molecular flexibility index (Phi) is 4.85. The summed E-state index contributed by atoms with van der Waals surface area (Å²) >= 11 is 3.16. The highest BCUT2D eigenvalue weighted by Crippen LogP contribution is 2.23. The van der Waals surface area contributed by atoms with E-state index in [0.29, 0.717) is 18.1 Å². The lowest BCUT2D eigenvalue weighted by Crippen LogP contribution is -2.12. The highest BCUT2D eigenvalue weighted by atomic mass is 32.1. The molecular weight excluding hydrogens is 368 g/mol. The van der Waals surface area contributed by atoms with Crippen molar-refractivity contribution in [2.75, 3.05) is 5.32 Å². The number of carbonyl (C=O) groups excluding carboxylic acids is 1. The summed E-state index contributed by atoms with van der Waals surface area (Å²) < 4.78 is 5.20. The van der Waals surface area contributed by atoms with Crippen LogP contribution in [0.4, 0.5) is 5.69 Å². The zero-order chi connectivity index (χ0) is 17.8. The summed E-state index contributed by atoms with van der Waals surface area (Å²) in [4.78, 5) is 20.7. The molecule has 0 fully saturated rings. The van der Waals surface area contributed by atoms with Crippen molar-refractivity contribution in [3.8, 4) is 22.0 Å². The summed E-state index contributed by atoms with van der Waals surface area (Å²) in [6, 6.07) is 9.56. The van der Waals surface area contributed by atoms with Crippen LogP contribution in [0.15, 0.2) is 57.2 Å². The highest BCUT2D eigenvalue weighted by molar-refractivity contribution is 7.13. The Morgan fingerprint density at radius 1 is 1.12 bits per heavy atom. The molecule has 0 bridgehead atoms. The van der Waals surface area contributed by atoms with E-state index < -0.39 is 0 Å². The fraction of sp³-hybridized carbons (Fsp3) is 0.111. The zero-order valence-electron chi connectivity index (χ0n) is 13.6. The van der Waals surface area contributed by atoms with Crippen molar-refractivity contribution in [3.63, 3.8) is 0 Å². The van der Waals surface area contributed by atoms with E-state index in [-0.39, 0.29) is 12.3 Å². The Morgan fingerprint density at radius 3 is 2.73 bits per heavy atom. The maximum atomic E-state index is 12.1. The number of carbonyl (C=O) groups is 1. The van der Waals surface area contributed by atoms with Crippen molar-refractivity contribution in [2.45, 2.75) is 12.8 Å². The fourth-order valence-electron chi connectivity index (χ4n) is 2.37. The van der Waals surface area contributed by atoms with Crippen molar-refractivity contribution >= 4 is 34.3 Å². The smallest absolute Gasteiger partial charge is 0.227 e. The van der Waals surface area contributed by atoms with Crippen molar-refractivity contribution < 1.29 is 9.32 Å². The summed E-state index contributed by atoms with van der Waals surface area (Å²) in [5, 5.41) is 13.6. The summed E-state index contributed by atoms with van der Waals surface area (Å²) in [6.07, 6.45) is 2.46. The molecule has 4 aromatic rings. The molecule has 26 heavy (non-hydrogen) atoms. The van der Waals surface area contributed by atoms with Gasteiger partial charge in [0.15, 0.2) is 0 Å². The van der Waals surface area contributed by atoms with Gasteiger partial charge in [-0.2, -0.15) is 16.3 Å². The average Bonchev–Trinajstić information content (AvgIpc) is 3.42. The van der Waals surface area contributed by atoms with Gasteiger partial charge < -0.3 is 9.84 Å². The van der Waals surface area contributed by atoms with E-state index in [4.69, 9.17) is 4.52 Å². The summed E-state index contributed by atoms with van der Waals surface area (Å²) in [5.41, 5.74) is 2.71. The SMILES string of the molecule is O=C(CCc1nc(-c2ccsc2)no1)Nc1ccc(-c2nccs2)cc1. The molecule has 4 rings (SSSR count). The quantitative estimate of drug-likeness (QED) is 0.531. The maximum Gasteiger partial charge on any atom is 0.227 e. The van der Waals surface area contributed by atoms with Crippen LogP contribution in [0.1, 0.15) is 12.3 Å². The molecule has 0 unspecified atom stereocenters. The van der Waals surface area contributed by atoms with Gasteiger partial charge in [-0.3, -0.25) is 4.79 Å². The van der Waals surface area contributed by atoms with Crippen LogP contribution in [0.3, 0.4) is 0 Å². The minimum Gasteiger partial charge on any atom is -0.339 e. The van der Waals surface area contributed by atoms with Crippen molar-refractivity contribution in [1.82, 2.24) is 15.1 Å². The zero-order valence-corrected chi connectivity index (χ0v) is 15.2. The third-order valence-corrected chi connectivity index (χ3v) is 5.17. The van der Waals surface area contributed by atoms with Gasteiger partial charge in [-0.25, -0.2) is 4.98 Å². The van der Waals surface area contributed by atoms with Crippen molar-refractivity contribution in [2.24, 2.45) is 0 Å². The van der Waals surface area contributed by atoms with Gasteiger partial charge in [0.05, 0.1) is 0 Å². The van der Waals surface area contributed by atoms with Gasteiger partial charge in [-0.05, 0) is 35.7 Å². The Balaban J connectivity index is 1.31. The average molecular weight is 382 g/mol. The lowest BCUT2D eigenvalue weighted by Gasteiger charge is -2.05. The van der Waals surface area contributed by atoms with Crippen LogP contribution in [-0.2, 0) is 11.2 Å². The molecule has 0 saturated heterocycles. The number of nitrogens with one attached hydrogen (secondary N) is 1. The molecular formula is C18H14N4O2S2. The number of thiazole rings is 1. The molecule has 3 aromatic heterocycles. The standard InChI is InChI=1S/C18H14N4O2S2/c23-15(5-6-16-21-17(22-24-16)13-7-9-25-11-13)20-14-3-1-12(2-4-14)18-19-8-10-26-18/h1-4,7-11H,5-6H2,(H,20,23). The number of thiophene rings is 1. The molecule has 1 aromatic carbocycles. The van der Waals surface area contributed by atoms with Gasteiger partial charge in [0.2, 0.25) is 17.6 Å². The molecule has 6 nitrogen and oxygen atoms in total. The van der Waals surface area contributed by atoms with E-state index in [9.17, 15) is 4.79 Å². The third-order valence-electron chi connectivity index (χ3n) is 3.66. The van der Waals surface area contributed by atoms with Gasteiger partial charge in [0.25, 0.3) is 0 Å². The molecule has 0 saturated carbocycles. The number of nitrogens with zero attached hydrogens (tertiary/aromatic N) is 3. The predicted molar refractivity (Wildman–Crippen MR) is 102 cm³/mol. The van der Waals surface area contributed by atoms with E-state index in [1.807, 2.05) is 46.5 Å². The second kappa shape index (κ2) is 7.59. The largest absolute Gasteiger partial charge is 0.339 e. The highest BCUT2D eigenvalue weighted by Gasteiger charge is 2.11. The van der Waals surface area contributed by atoms with Crippen LogP contribution < -0.4 is 5.32 Å². The minimum absolute atomic E-state index is 0.0951. The van der Waals surface area contributed by atoms with Crippen LogP contribution >= 0.6 is 22.7 Å². The number of aromatic nitrogens is 3. The lowest BCUT2D eigenvalue weighted by atomic mass is 10.2. The van der Waals surface area contributed by atoms with Gasteiger partial charge >= 0.3 is 0 Å². The molecule has 8 heteroatoms. The molecule has 0 aliphatic rings. The Labute approximate surface area is 157 Å². The van der Waals surface area contributed by atoms with Crippen molar-refractivity contribution in [1.29, 1.82) is 0 Å². The topological polar surface area (TPSA) is 80.9 Å². The second-order valence-corrected chi connectivity index (χ2v) is 7.16. The van der Waals surface area contributed by atoms with Crippen LogP contribution in [0.5, 0.6) is 0 Å². The normalized spacial score (nSPS) is 10.8. The number of rotatable bonds is 6. The van der Waals surface area contributed by atoms with Crippen LogP contribution in [0.25, 0.3) is 22.0 Å². The van der Waals surface area contributed by atoms with E-state index in [1.54, 1.807) is 28.9 Å². The molecule has 0 atom stereocenters. The third kappa shape index (κ3) is 3.87. The molecule has 3 heterocycles. The Hall–Kier alpha value is -2.84. The molecule has 0 radical (unpaired) electrons. The molecule has 0 aliphatic heterocycles. The van der Waals surface area contributed by atoms with Gasteiger partial charge in [0, 0.05) is 46.6 Å². The Morgan fingerprint density at radius 2 is 2.00 bits per heavy atom. The van der Waals surface area contributed by atoms with Crippen LogP contribution in [0.2, 0.25) is 0 Å². The molecule has 0 aliphatic carbocycles. The van der Waals surface area contributed by atoms with Gasteiger partial charge in [0.1, 0.15) is 5.01 Å². The number of benzene rings is 1. The number of hydrogen-bond donors (Lipinski definition) is 1.